The van der Waals surface area contributed by atoms with Gasteiger partial charge in [-0.25, -0.2) is 0 Å². The van der Waals surface area contributed by atoms with Gasteiger partial charge < -0.3 is 15.1 Å². The van der Waals surface area contributed by atoms with Crippen molar-refractivity contribution < 1.29 is 30.0 Å². The molecule has 4 nitrogen and oxygen atoms in total. The van der Waals surface area contributed by atoms with E-state index in [1.807, 2.05) is 54.7 Å². The molecule has 0 spiro atoms. The summed E-state index contributed by atoms with van der Waals surface area (Å²) in [5.74, 6) is -0.0864. The Labute approximate surface area is 370 Å². The molecule has 9 rings (SSSR count). The number of ketones is 1. The summed E-state index contributed by atoms with van der Waals surface area (Å²) in [6.45, 7) is 1.52. The van der Waals surface area contributed by atoms with E-state index in [9.17, 15) is 9.90 Å². The van der Waals surface area contributed by atoms with Crippen LogP contribution in [0.15, 0.2) is 200 Å². The van der Waals surface area contributed by atoms with Crippen molar-refractivity contribution in [3.05, 3.63) is 218 Å². The Hall–Kier alpha value is -7.04. The normalized spacial score (nSPS) is 11.3. The minimum Gasteiger partial charge on any atom is -0.512 e. The van der Waals surface area contributed by atoms with E-state index in [-0.39, 0.29) is 31.6 Å². The standard InChI is InChI=1S/C56H40N2O2.Ir/c1-38(59)32-49(60)30-29-39-12-4-5-15-50(39)46-33-47(53-18-8-6-16-51(53)40-21-25-42(26-22-40)55-20-10-11-31-57-55)35-48(34-46)54-19-9-7-17-52(54)41-23-27-43(28-24-41)56-36-44-13-2-3-14-45(44)37-58-56;/h2-25,27,31-37,59H,29-30H2,1H3;/q-2;/b38-32-;. The number of allylic oxidation sites excluding steroid dienone is 2. The predicted molar refractivity (Wildman–Crippen MR) is 245 cm³/mol. The zero-order chi connectivity index (χ0) is 40.8. The Kier molecular flexibility index (Phi) is 12.3. The molecule has 1 radical (unpaired) electrons. The number of aromatic nitrogens is 2. The van der Waals surface area contributed by atoms with E-state index in [0.717, 1.165) is 94.5 Å². The summed E-state index contributed by atoms with van der Waals surface area (Å²) in [7, 11) is 0. The minimum atomic E-state index is -0.104. The van der Waals surface area contributed by atoms with E-state index < -0.39 is 0 Å². The number of aliphatic hydroxyl groups excluding tert-OH is 1. The molecule has 7 aromatic carbocycles. The summed E-state index contributed by atoms with van der Waals surface area (Å²) >= 11 is 0. The average Bonchev–Trinajstić information content (AvgIpc) is 3.31. The first-order chi connectivity index (χ1) is 29.5. The fourth-order valence-corrected chi connectivity index (χ4v) is 7.91. The molecule has 5 heteroatoms. The molecule has 297 valence electrons. The van der Waals surface area contributed by atoms with Crippen LogP contribution in [0, 0.1) is 12.1 Å². The number of pyridine rings is 2. The number of benzene rings is 7. The van der Waals surface area contributed by atoms with Crippen LogP contribution in [0.1, 0.15) is 18.9 Å². The van der Waals surface area contributed by atoms with Gasteiger partial charge in [0.05, 0.1) is 5.76 Å². The van der Waals surface area contributed by atoms with Gasteiger partial charge in [-0.1, -0.05) is 138 Å². The van der Waals surface area contributed by atoms with Crippen molar-refractivity contribution in [1.82, 2.24) is 9.97 Å². The zero-order valence-corrected chi connectivity index (χ0v) is 35.9. The second-order valence-corrected chi connectivity index (χ2v) is 14.9. The first kappa shape index (κ1) is 40.7. The van der Waals surface area contributed by atoms with Gasteiger partial charge in [0.15, 0.2) is 5.78 Å². The van der Waals surface area contributed by atoms with Gasteiger partial charge >= 0.3 is 0 Å². The van der Waals surface area contributed by atoms with Crippen LogP contribution in [0.25, 0.3) is 88.9 Å². The van der Waals surface area contributed by atoms with Crippen molar-refractivity contribution in [3.8, 4) is 78.1 Å². The van der Waals surface area contributed by atoms with Gasteiger partial charge in [-0.3, -0.25) is 4.79 Å². The number of carbonyl (C=O) groups is 1. The molecule has 0 unspecified atom stereocenters. The monoisotopic (exact) mass is 965 g/mol. The number of hydrogen-bond acceptors (Lipinski definition) is 4. The van der Waals surface area contributed by atoms with Crippen LogP contribution in [-0.2, 0) is 31.3 Å². The van der Waals surface area contributed by atoms with Gasteiger partial charge in [0.1, 0.15) is 0 Å². The first-order valence-electron chi connectivity index (χ1n) is 20.1. The van der Waals surface area contributed by atoms with E-state index in [1.54, 1.807) is 6.20 Å². The molecule has 2 aromatic heterocycles. The topological polar surface area (TPSA) is 63.1 Å². The molecule has 0 aliphatic rings. The third kappa shape index (κ3) is 9.10. The van der Waals surface area contributed by atoms with Crippen LogP contribution in [0.2, 0.25) is 0 Å². The van der Waals surface area contributed by atoms with E-state index in [2.05, 4.69) is 145 Å². The summed E-state index contributed by atoms with van der Waals surface area (Å²) < 4.78 is 0. The third-order valence-electron chi connectivity index (χ3n) is 10.8. The van der Waals surface area contributed by atoms with Crippen molar-refractivity contribution in [3.63, 3.8) is 0 Å². The Balaban J connectivity index is 0.00000514. The fraction of sp³-hybridized carbons (Fsp3) is 0.0536. The predicted octanol–water partition coefficient (Wildman–Crippen LogP) is 13.9. The molecular weight excluding hydrogens is 925 g/mol. The van der Waals surface area contributed by atoms with E-state index in [0.29, 0.717) is 12.8 Å². The average molecular weight is 965 g/mol. The van der Waals surface area contributed by atoms with E-state index >= 15 is 0 Å². The molecule has 0 bridgehead atoms. The quantitative estimate of drug-likeness (QED) is 0.0797. The van der Waals surface area contributed by atoms with Gasteiger partial charge in [-0.05, 0) is 98.7 Å². The molecule has 1 N–H and O–H groups in total. The van der Waals surface area contributed by atoms with Crippen molar-refractivity contribution in [2.45, 2.75) is 19.8 Å². The number of aliphatic hydroxyl groups is 1. The van der Waals surface area contributed by atoms with Gasteiger partial charge in [0.25, 0.3) is 0 Å². The van der Waals surface area contributed by atoms with Crippen molar-refractivity contribution in [2.75, 3.05) is 0 Å². The number of aryl methyl sites for hydroxylation is 1. The van der Waals surface area contributed by atoms with Crippen LogP contribution < -0.4 is 0 Å². The van der Waals surface area contributed by atoms with Gasteiger partial charge in [-0.2, -0.15) is 0 Å². The summed E-state index contributed by atoms with van der Waals surface area (Å²) in [6.07, 6.45) is 5.85. The second-order valence-electron chi connectivity index (χ2n) is 14.9. The summed E-state index contributed by atoms with van der Waals surface area (Å²) in [5, 5.41) is 12.0. The number of hydrogen-bond donors (Lipinski definition) is 1. The second kappa shape index (κ2) is 18.5. The maximum absolute atomic E-state index is 12.7. The largest absolute Gasteiger partial charge is 0.512 e. The number of nitrogens with zero attached hydrogens (tertiary/aromatic N) is 2. The Bertz CT molecular complexity index is 3010. The number of rotatable bonds is 11. The van der Waals surface area contributed by atoms with Crippen LogP contribution in [0.3, 0.4) is 0 Å². The molecule has 0 fully saturated rings. The summed E-state index contributed by atoms with van der Waals surface area (Å²) in [4.78, 5) is 22.0. The SMILES string of the molecule is C/C(O)=C/C(=O)CCc1ccccc1-c1cc(-c2ccccc2-c2c[c-]c(-c3ccccn3)cc2)cc(-c2ccccc2-c2c[c-]c(-c3cc4ccccc4cn3)cc2)c1.[Ir]. The molecule has 0 amide bonds. The van der Waals surface area contributed by atoms with Crippen molar-refractivity contribution in [2.24, 2.45) is 0 Å². The van der Waals surface area contributed by atoms with E-state index in [4.69, 9.17) is 4.98 Å². The first-order valence-corrected chi connectivity index (χ1v) is 20.1. The number of carbonyl (C=O) groups excluding carboxylic acids is 1. The number of fused-ring (bicyclic) bond motifs is 1. The molecule has 0 aliphatic carbocycles. The zero-order valence-electron chi connectivity index (χ0n) is 33.5. The third-order valence-corrected chi connectivity index (χ3v) is 10.8. The van der Waals surface area contributed by atoms with Gasteiger partial charge in [-0.15, -0.1) is 59.7 Å². The molecule has 0 aliphatic heterocycles. The van der Waals surface area contributed by atoms with Crippen molar-refractivity contribution in [1.29, 1.82) is 0 Å². The Morgan fingerprint density at radius 3 is 1.61 bits per heavy atom. The smallest absolute Gasteiger partial charge is 0.159 e. The fourth-order valence-electron chi connectivity index (χ4n) is 7.91. The molecule has 61 heavy (non-hydrogen) atoms. The van der Waals surface area contributed by atoms with Crippen LogP contribution in [-0.4, -0.2) is 20.9 Å². The van der Waals surface area contributed by atoms with Gasteiger partial charge in [0.2, 0.25) is 0 Å². The molecule has 0 saturated carbocycles. The molecule has 2 heterocycles. The van der Waals surface area contributed by atoms with Gasteiger partial charge in [0, 0.05) is 45.0 Å². The Morgan fingerprint density at radius 1 is 0.541 bits per heavy atom. The molecule has 0 atom stereocenters. The minimum absolute atomic E-state index is 0. The van der Waals surface area contributed by atoms with Crippen LogP contribution in [0.5, 0.6) is 0 Å². The van der Waals surface area contributed by atoms with Crippen LogP contribution >= 0.6 is 0 Å². The van der Waals surface area contributed by atoms with Crippen LogP contribution in [0.4, 0.5) is 0 Å². The maximum atomic E-state index is 12.7. The summed E-state index contributed by atoms with van der Waals surface area (Å²) in [5.41, 5.74) is 15.4. The molecule has 9 aromatic rings. The Morgan fingerprint density at radius 2 is 1.05 bits per heavy atom. The molecule has 0 saturated heterocycles. The van der Waals surface area contributed by atoms with E-state index in [1.165, 1.54) is 13.0 Å². The maximum Gasteiger partial charge on any atom is 0.159 e. The molecular formula is C56H40IrN2O2-2. The summed E-state index contributed by atoms with van der Waals surface area (Å²) in [6, 6.07) is 68.0. The van der Waals surface area contributed by atoms with Crippen molar-refractivity contribution >= 4 is 16.6 Å².